The Hall–Kier alpha value is 0.1000. The first-order chi connectivity index (χ1) is 6.08. The van der Waals surface area contributed by atoms with Crippen molar-refractivity contribution in [3.63, 3.8) is 0 Å². The van der Waals surface area contributed by atoms with Gasteiger partial charge >= 0.3 is 5.51 Å². The van der Waals surface area contributed by atoms with Crippen LogP contribution in [0, 0.1) is 0 Å². The van der Waals surface area contributed by atoms with E-state index in [-0.39, 0.29) is 17.5 Å². The van der Waals surface area contributed by atoms with Crippen LogP contribution >= 0.6 is 11.8 Å². The zero-order valence-electron chi connectivity index (χ0n) is 7.36. The lowest BCUT2D eigenvalue weighted by Gasteiger charge is -2.05. The second kappa shape index (κ2) is 5.10. The molecule has 0 radical (unpaired) electrons. The van der Waals surface area contributed by atoms with Crippen molar-refractivity contribution in [1.29, 1.82) is 0 Å². The van der Waals surface area contributed by atoms with Crippen molar-refractivity contribution in [3.05, 3.63) is 0 Å². The van der Waals surface area contributed by atoms with Gasteiger partial charge in [-0.2, -0.15) is 13.2 Å². The molecule has 0 bridgehead atoms. The van der Waals surface area contributed by atoms with Gasteiger partial charge in [0, 0.05) is 11.8 Å². The fourth-order valence-electron chi connectivity index (χ4n) is 1.01. The Morgan fingerprint density at radius 1 is 1.23 bits per heavy atom. The van der Waals surface area contributed by atoms with E-state index in [2.05, 4.69) is 5.32 Å². The summed E-state index contributed by atoms with van der Waals surface area (Å²) in [7, 11) is 0. The first-order valence-electron chi connectivity index (χ1n) is 4.52. The van der Waals surface area contributed by atoms with Gasteiger partial charge in [-0.05, 0) is 32.2 Å². The minimum atomic E-state index is -4.05. The largest absolute Gasteiger partial charge is 0.441 e. The molecule has 0 aromatic heterocycles. The topological polar surface area (TPSA) is 12.0 Å². The number of unbranched alkanes of at least 4 members (excludes halogenated alkanes) is 1. The summed E-state index contributed by atoms with van der Waals surface area (Å²) in [5.74, 6) is 0.190. The maximum Gasteiger partial charge on any atom is 0.441 e. The number of nitrogens with one attached hydrogen (secondary N) is 1. The summed E-state index contributed by atoms with van der Waals surface area (Å²) < 4.78 is 35.0. The van der Waals surface area contributed by atoms with Crippen LogP contribution in [0.1, 0.15) is 25.7 Å². The third-order valence-electron chi connectivity index (χ3n) is 1.85. The van der Waals surface area contributed by atoms with Crippen LogP contribution in [0.5, 0.6) is 0 Å². The Kier molecular flexibility index (Phi) is 4.38. The molecule has 1 nitrogen and oxygen atoms in total. The summed E-state index contributed by atoms with van der Waals surface area (Å²) >= 11 is 0.0803. The Bertz CT molecular complexity index is 145. The van der Waals surface area contributed by atoms with Crippen LogP contribution in [0.3, 0.4) is 0 Å². The Morgan fingerprint density at radius 2 is 1.92 bits per heavy atom. The zero-order valence-corrected chi connectivity index (χ0v) is 8.18. The quantitative estimate of drug-likeness (QED) is 0.681. The minimum absolute atomic E-state index is 0.0803. The van der Waals surface area contributed by atoms with E-state index in [1.165, 1.54) is 12.8 Å². The summed E-state index contributed by atoms with van der Waals surface area (Å²) in [5, 5.41) is 3.26. The maximum atomic E-state index is 11.7. The molecule has 1 N–H and O–H groups in total. The molecule has 0 spiro atoms. The van der Waals surface area contributed by atoms with Crippen LogP contribution in [0.25, 0.3) is 0 Å². The zero-order chi connectivity index (χ0) is 9.73. The highest BCUT2D eigenvalue weighted by Crippen LogP contribution is 2.30. The van der Waals surface area contributed by atoms with Gasteiger partial charge in [0.15, 0.2) is 0 Å². The number of thioether (sulfide) groups is 1. The van der Waals surface area contributed by atoms with E-state index < -0.39 is 5.51 Å². The summed E-state index contributed by atoms with van der Waals surface area (Å²) in [6, 6.07) is 0.662. The van der Waals surface area contributed by atoms with Crippen molar-refractivity contribution in [2.75, 3.05) is 12.3 Å². The van der Waals surface area contributed by atoms with Gasteiger partial charge in [0.1, 0.15) is 0 Å². The second-order valence-corrected chi connectivity index (χ2v) is 4.39. The van der Waals surface area contributed by atoms with E-state index in [9.17, 15) is 13.2 Å². The molecular formula is C8H14F3NS. The van der Waals surface area contributed by atoms with Gasteiger partial charge in [-0.15, -0.1) is 0 Å². The normalized spacial score (nSPS) is 17.8. The number of hydrogen-bond donors (Lipinski definition) is 1. The highest BCUT2D eigenvalue weighted by atomic mass is 32.2. The molecule has 5 heteroatoms. The molecule has 0 amide bonds. The van der Waals surface area contributed by atoms with Crippen LogP contribution in [0.4, 0.5) is 13.2 Å². The molecule has 0 unspecified atom stereocenters. The standard InChI is InChI=1S/C8H14F3NS/c9-8(10,11)13-6-2-1-5-12-7-3-4-7/h7,12H,1-6H2. The van der Waals surface area contributed by atoms with Gasteiger partial charge in [-0.1, -0.05) is 11.8 Å². The van der Waals surface area contributed by atoms with Gasteiger partial charge in [0.2, 0.25) is 0 Å². The lowest BCUT2D eigenvalue weighted by molar-refractivity contribution is -0.0328. The molecular weight excluding hydrogens is 199 g/mol. The predicted molar refractivity (Wildman–Crippen MR) is 48.8 cm³/mol. The van der Waals surface area contributed by atoms with Crippen LogP contribution in [0.2, 0.25) is 0 Å². The van der Waals surface area contributed by atoms with Crippen LogP contribution in [0.15, 0.2) is 0 Å². The fourth-order valence-corrected chi connectivity index (χ4v) is 1.59. The van der Waals surface area contributed by atoms with Crippen molar-refractivity contribution >= 4 is 11.8 Å². The number of halogens is 3. The maximum absolute atomic E-state index is 11.7. The van der Waals surface area contributed by atoms with Crippen molar-refractivity contribution in [2.24, 2.45) is 0 Å². The minimum Gasteiger partial charge on any atom is -0.314 e. The Morgan fingerprint density at radius 3 is 2.46 bits per heavy atom. The van der Waals surface area contributed by atoms with Crippen LogP contribution < -0.4 is 5.32 Å². The van der Waals surface area contributed by atoms with Gasteiger partial charge in [0.25, 0.3) is 0 Å². The average Bonchev–Trinajstić information content (AvgIpc) is 2.77. The van der Waals surface area contributed by atoms with E-state index in [0.29, 0.717) is 12.5 Å². The van der Waals surface area contributed by atoms with E-state index >= 15 is 0 Å². The van der Waals surface area contributed by atoms with Gasteiger partial charge in [-0.25, -0.2) is 0 Å². The highest BCUT2D eigenvalue weighted by Gasteiger charge is 2.27. The van der Waals surface area contributed by atoms with Crippen molar-refractivity contribution in [3.8, 4) is 0 Å². The molecule has 0 heterocycles. The molecule has 0 aromatic rings. The van der Waals surface area contributed by atoms with E-state index in [4.69, 9.17) is 0 Å². The second-order valence-electron chi connectivity index (χ2n) is 3.23. The van der Waals surface area contributed by atoms with Crippen molar-refractivity contribution < 1.29 is 13.2 Å². The van der Waals surface area contributed by atoms with Gasteiger partial charge in [-0.3, -0.25) is 0 Å². The summed E-state index contributed by atoms with van der Waals surface area (Å²) in [5.41, 5.74) is -4.05. The molecule has 0 aromatic carbocycles. The van der Waals surface area contributed by atoms with E-state index in [1.807, 2.05) is 0 Å². The van der Waals surface area contributed by atoms with Crippen molar-refractivity contribution in [2.45, 2.75) is 37.2 Å². The van der Waals surface area contributed by atoms with Crippen molar-refractivity contribution in [1.82, 2.24) is 5.32 Å². The molecule has 13 heavy (non-hydrogen) atoms. The molecule has 1 saturated carbocycles. The highest BCUT2D eigenvalue weighted by molar-refractivity contribution is 8.00. The number of hydrogen-bond acceptors (Lipinski definition) is 2. The third-order valence-corrected chi connectivity index (χ3v) is 2.67. The molecule has 1 rings (SSSR count). The molecule has 1 aliphatic rings. The van der Waals surface area contributed by atoms with Crippen LogP contribution in [-0.4, -0.2) is 23.8 Å². The Balaban J connectivity index is 1.78. The SMILES string of the molecule is FC(F)(F)SCCCCNC1CC1. The monoisotopic (exact) mass is 213 g/mol. The summed E-state index contributed by atoms with van der Waals surface area (Å²) in [4.78, 5) is 0. The predicted octanol–water partition coefficient (Wildman–Crippen LogP) is 2.77. The fraction of sp³-hybridized carbons (Fsp3) is 1.00. The number of alkyl halides is 3. The lowest BCUT2D eigenvalue weighted by atomic mass is 10.3. The van der Waals surface area contributed by atoms with Gasteiger partial charge in [0.05, 0.1) is 0 Å². The van der Waals surface area contributed by atoms with Gasteiger partial charge < -0.3 is 5.32 Å². The first kappa shape index (κ1) is 11.2. The lowest BCUT2D eigenvalue weighted by Crippen LogP contribution is -2.17. The van der Waals surface area contributed by atoms with E-state index in [1.54, 1.807) is 0 Å². The molecule has 0 saturated heterocycles. The van der Waals surface area contributed by atoms with Crippen LogP contribution in [-0.2, 0) is 0 Å². The first-order valence-corrected chi connectivity index (χ1v) is 5.50. The molecule has 1 fully saturated rings. The summed E-state index contributed by atoms with van der Waals surface area (Å²) in [6.07, 6.45) is 3.96. The summed E-state index contributed by atoms with van der Waals surface area (Å²) in [6.45, 7) is 0.864. The molecule has 0 aliphatic heterocycles. The molecule has 1 aliphatic carbocycles. The molecule has 0 atom stereocenters. The molecule has 78 valence electrons. The Labute approximate surface area is 80.5 Å². The smallest absolute Gasteiger partial charge is 0.314 e. The van der Waals surface area contributed by atoms with E-state index in [0.717, 1.165) is 13.0 Å². The third kappa shape index (κ3) is 7.19. The number of rotatable bonds is 6. The average molecular weight is 213 g/mol.